The number of hydrogen-bond acceptors (Lipinski definition) is 3. The van der Waals surface area contributed by atoms with Crippen LogP contribution in [0.1, 0.15) is 16.1 Å². The lowest BCUT2D eigenvalue weighted by atomic mass is 10.0. The third-order valence-corrected chi connectivity index (χ3v) is 2.42. The van der Waals surface area contributed by atoms with Gasteiger partial charge in [-0.15, -0.1) is 0 Å². The van der Waals surface area contributed by atoms with Crippen LogP contribution in [-0.4, -0.2) is 21.0 Å². The minimum absolute atomic E-state index is 0.139. The molecular formula is C12H7F3N2O2. The predicted octanol–water partition coefficient (Wildman–Crippen LogP) is 2.86. The van der Waals surface area contributed by atoms with Gasteiger partial charge in [0, 0.05) is 29.7 Å². The Hall–Kier alpha value is -2.44. The SMILES string of the molecule is O=C(O)c1ccc(-c2cnccc2C(F)(F)F)cn1. The molecule has 4 nitrogen and oxygen atoms in total. The molecule has 0 amide bonds. The Morgan fingerprint density at radius 3 is 2.42 bits per heavy atom. The molecule has 0 saturated heterocycles. The number of alkyl halides is 3. The molecule has 0 saturated carbocycles. The number of halogens is 3. The first-order valence-electron chi connectivity index (χ1n) is 5.10. The van der Waals surface area contributed by atoms with Gasteiger partial charge in [-0.2, -0.15) is 13.2 Å². The van der Waals surface area contributed by atoms with E-state index in [9.17, 15) is 18.0 Å². The van der Waals surface area contributed by atoms with Crippen molar-refractivity contribution in [2.45, 2.75) is 6.18 Å². The zero-order valence-corrected chi connectivity index (χ0v) is 9.35. The van der Waals surface area contributed by atoms with Crippen molar-refractivity contribution in [3.63, 3.8) is 0 Å². The summed E-state index contributed by atoms with van der Waals surface area (Å²) < 4.78 is 38.4. The van der Waals surface area contributed by atoms with E-state index in [4.69, 9.17) is 5.11 Å². The summed E-state index contributed by atoms with van der Waals surface area (Å²) in [6.07, 6.45) is -1.31. The van der Waals surface area contributed by atoms with Crippen molar-refractivity contribution >= 4 is 5.97 Å². The molecular weight excluding hydrogens is 261 g/mol. The summed E-state index contributed by atoms with van der Waals surface area (Å²) in [5.41, 5.74) is -1.06. The summed E-state index contributed by atoms with van der Waals surface area (Å²) in [4.78, 5) is 17.9. The first-order chi connectivity index (χ1) is 8.89. The number of aromatic carboxylic acids is 1. The van der Waals surface area contributed by atoms with Crippen molar-refractivity contribution < 1.29 is 23.1 Å². The van der Waals surface area contributed by atoms with Crippen LogP contribution >= 0.6 is 0 Å². The lowest BCUT2D eigenvalue weighted by molar-refractivity contribution is -0.137. The molecule has 0 bridgehead atoms. The van der Waals surface area contributed by atoms with Crippen LogP contribution in [0.5, 0.6) is 0 Å². The highest BCUT2D eigenvalue weighted by molar-refractivity contribution is 5.85. The Balaban J connectivity index is 2.50. The van der Waals surface area contributed by atoms with Crippen molar-refractivity contribution in [3.05, 3.63) is 48.0 Å². The number of carboxylic acid groups (broad SMARTS) is 1. The summed E-state index contributed by atoms with van der Waals surface area (Å²) in [5.74, 6) is -1.24. The van der Waals surface area contributed by atoms with Gasteiger partial charge < -0.3 is 5.11 Å². The molecule has 0 aliphatic heterocycles. The maximum absolute atomic E-state index is 12.8. The van der Waals surface area contributed by atoms with Crippen LogP contribution in [0.2, 0.25) is 0 Å². The van der Waals surface area contributed by atoms with E-state index in [1.807, 2.05) is 0 Å². The summed E-state index contributed by atoms with van der Waals surface area (Å²) >= 11 is 0. The fraction of sp³-hybridized carbons (Fsp3) is 0.0833. The molecule has 1 N–H and O–H groups in total. The molecule has 0 radical (unpaired) electrons. The number of aromatic nitrogens is 2. The van der Waals surface area contributed by atoms with E-state index < -0.39 is 17.7 Å². The van der Waals surface area contributed by atoms with E-state index in [1.165, 1.54) is 6.07 Å². The Kier molecular flexibility index (Phi) is 3.20. The van der Waals surface area contributed by atoms with Gasteiger partial charge in [0.25, 0.3) is 0 Å². The molecule has 2 aromatic rings. The zero-order valence-electron chi connectivity index (χ0n) is 9.35. The quantitative estimate of drug-likeness (QED) is 0.909. The molecule has 2 rings (SSSR count). The standard InChI is InChI=1S/C12H7F3N2O2/c13-12(14,15)9-3-4-16-6-8(9)7-1-2-10(11(18)19)17-5-7/h1-6H,(H,18,19). The Bertz CT molecular complexity index is 609. The molecule has 98 valence electrons. The average Bonchev–Trinajstić information content (AvgIpc) is 2.38. The lowest BCUT2D eigenvalue weighted by Gasteiger charge is -2.11. The monoisotopic (exact) mass is 268 g/mol. The molecule has 2 heterocycles. The summed E-state index contributed by atoms with van der Waals surface area (Å²) in [6, 6.07) is 3.27. The number of rotatable bonds is 2. The number of carboxylic acids is 1. The third-order valence-electron chi connectivity index (χ3n) is 2.42. The zero-order chi connectivity index (χ0) is 14.0. The highest BCUT2D eigenvalue weighted by Crippen LogP contribution is 2.36. The number of nitrogens with zero attached hydrogens (tertiary/aromatic N) is 2. The molecule has 0 atom stereocenters. The van der Waals surface area contributed by atoms with Gasteiger partial charge in [-0.1, -0.05) is 6.07 Å². The number of carbonyl (C=O) groups is 1. The van der Waals surface area contributed by atoms with Gasteiger partial charge in [0.2, 0.25) is 0 Å². The molecule has 0 aliphatic carbocycles. The van der Waals surface area contributed by atoms with Crippen LogP contribution in [0.3, 0.4) is 0 Å². The smallest absolute Gasteiger partial charge is 0.417 e. The van der Waals surface area contributed by atoms with Crippen LogP contribution in [0.15, 0.2) is 36.8 Å². The second-order valence-electron chi connectivity index (χ2n) is 3.66. The molecule has 0 aliphatic rings. The fourth-order valence-electron chi connectivity index (χ4n) is 1.55. The first kappa shape index (κ1) is 13.0. The van der Waals surface area contributed by atoms with Crippen LogP contribution in [0.4, 0.5) is 13.2 Å². The van der Waals surface area contributed by atoms with Crippen molar-refractivity contribution in [3.8, 4) is 11.1 Å². The molecule has 19 heavy (non-hydrogen) atoms. The van der Waals surface area contributed by atoms with E-state index in [2.05, 4.69) is 9.97 Å². The maximum Gasteiger partial charge on any atom is 0.417 e. The Morgan fingerprint density at radius 1 is 1.16 bits per heavy atom. The van der Waals surface area contributed by atoms with Crippen molar-refractivity contribution in [2.75, 3.05) is 0 Å². The number of hydrogen-bond donors (Lipinski definition) is 1. The van der Waals surface area contributed by atoms with Crippen LogP contribution in [-0.2, 0) is 6.18 Å². The molecule has 2 aromatic heterocycles. The van der Waals surface area contributed by atoms with Crippen molar-refractivity contribution in [2.24, 2.45) is 0 Å². The van der Waals surface area contributed by atoms with Gasteiger partial charge in [-0.05, 0) is 12.1 Å². The van der Waals surface area contributed by atoms with Gasteiger partial charge in [0.1, 0.15) is 5.69 Å². The Morgan fingerprint density at radius 2 is 1.89 bits per heavy atom. The summed E-state index contributed by atoms with van der Waals surface area (Å²) in [7, 11) is 0. The molecule has 7 heteroatoms. The van der Waals surface area contributed by atoms with E-state index in [0.29, 0.717) is 0 Å². The second-order valence-corrected chi connectivity index (χ2v) is 3.66. The van der Waals surface area contributed by atoms with Crippen LogP contribution < -0.4 is 0 Å². The average molecular weight is 268 g/mol. The minimum atomic E-state index is -4.51. The Labute approximate surface area is 105 Å². The van der Waals surface area contributed by atoms with Gasteiger partial charge in [-0.25, -0.2) is 9.78 Å². The van der Waals surface area contributed by atoms with Gasteiger partial charge in [0.15, 0.2) is 0 Å². The molecule has 0 aromatic carbocycles. The topological polar surface area (TPSA) is 63.1 Å². The highest BCUT2D eigenvalue weighted by Gasteiger charge is 2.33. The predicted molar refractivity (Wildman–Crippen MR) is 59.4 cm³/mol. The minimum Gasteiger partial charge on any atom is -0.477 e. The summed E-state index contributed by atoms with van der Waals surface area (Å²) in [5, 5.41) is 8.68. The lowest BCUT2D eigenvalue weighted by Crippen LogP contribution is -2.07. The van der Waals surface area contributed by atoms with E-state index >= 15 is 0 Å². The van der Waals surface area contributed by atoms with E-state index in [1.54, 1.807) is 0 Å². The first-order valence-corrected chi connectivity index (χ1v) is 5.10. The van der Waals surface area contributed by atoms with Crippen molar-refractivity contribution in [1.82, 2.24) is 9.97 Å². The van der Waals surface area contributed by atoms with Gasteiger partial charge in [-0.3, -0.25) is 4.98 Å². The largest absolute Gasteiger partial charge is 0.477 e. The second kappa shape index (κ2) is 4.68. The van der Waals surface area contributed by atoms with E-state index in [-0.39, 0.29) is 16.8 Å². The molecule has 0 unspecified atom stereocenters. The van der Waals surface area contributed by atoms with E-state index in [0.717, 1.165) is 30.7 Å². The highest BCUT2D eigenvalue weighted by atomic mass is 19.4. The van der Waals surface area contributed by atoms with Crippen molar-refractivity contribution in [1.29, 1.82) is 0 Å². The van der Waals surface area contributed by atoms with Crippen LogP contribution in [0, 0.1) is 0 Å². The third kappa shape index (κ3) is 2.70. The fourth-order valence-corrected chi connectivity index (χ4v) is 1.55. The maximum atomic E-state index is 12.8. The number of pyridine rings is 2. The normalized spacial score (nSPS) is 11.3. The van der Waals surface area contributed by atoms with Gasteiger partial charge in [0.05, 0.1) is 5.56 Å². The van der Waals surface area contributed by atoms with Gasteiger partial charge >= 0.3 is 12.1 Å². The molecule has 0 spiro atoms. The molecule has 0 fully saturated rings. The summed E-state index contributed by atoms with van der Waals surface area (Å²) in [6.45, 7) is 0. The van der Waals surface area contributed by atoms with Crippen LogP contribution in [0.25, 0.3) is 11.1 Å².